The molecule has 1 aliphatic carbocycles. The fourth-order valence-electron chi connectivity index (χ4n) is 3.68. The minimum Gasteiger partial charge on any atom is -0.462 e. The number of aromatic nitrogens is 1. The lowest BCUT2D eigenvalue weighted by Crippen LogP contribution is -2.16. The average Bonchev–Trinajstić information content (AvgIpc) is 2.94. The number of rotatable bonds is 4. The Hall–Kier alpha value is -2.03. The van der Waals surface area contributed by atoms with Gasteiger partial charge in [-0.25, -0.2) is 4.79 Å². The zero-order valence-electron chi connectivity index (χ0n) is 14.0. The Bertz CT molecular complexity index is 666. The van der Waals surface area contributed by atoms with Crippen molar-refractivity contribution in [3.05, 3.63) is 47.7 Å². The van der Waals surface area contributed by atoms with Crippen LogP contribution in [0.15, 0.2) is 36.4 Å². The van der Waals surface area contributed by atoms with Gasteiger partial charge in [-0.3, -0.25) is 0 Å². The smallest absolute Gasteiger partial charge is 0.339 e. The second kappa shape index (κ2) is 7.03. The van der Waals surface area contributed by atoms with Crippen LogP contribution in [0.5, 0.6) is 0 Å². The van der Waals surface area contributed by atoms with E-state index in [0.717, 1.165) is 17.0 Å². The van der Waals surface area contributed by atoms with Crippen LogP contribution < -0.4 is 0 Å². The van der Waals surface area contributed by atoms with E-state index in [9.17, 15) is 4.79 Å². The van der Waals surface area contributed by atoms with E-state index < -0.39 is 0 Å². The molecule has 0 N–H and O–H groups in total. The third-order valence-corrected chi connectivity index (χ3v) is 4.80. The molecule has 2 aromatic rings. The molecule has 3 rings (SSSR count). The molecule has 0 atom stereocenters. The van der Waals surface area contributed by atoms with Crippen LogP contribution in [0.25, 0.3) is 11.3 Å². The predicted molar refractivity (Wildman–Crippen MR) is 92.7 cm³/mol. The first-order chi connectivity index (χ1) is 11.2. The van der Waals surface area contributed by atoms with Crippen LogP contribution in [0.4, 0.5) is 0 Å². The van der Waals surface area contributed by atoms with E-state index in [2.05, 4.69) is 16.7 Å². The average molecular weight is 311 g/mol. The Balaban J connectivity index is 2.08. The molecule has 1 saturated carbocycles. The lowest BCUT2D eigenvalue weighted by Gasteiger charge is -2.27. The van der Waals surface area contributed by atoms with Crippen LogP contribution in [-0.4, -0.2) is 17.1 Å². The number of carbonyl (C=O) groups excluding carboxylic acids is 1. The Labute approximate surface area is 138 Å². The molecule has 1 fully saturated rings. The van der Waals surface area contributed by atoms with Crippen LogP contribution >= 0.6 is 0 Å². The molecule has 3 nitrogen and oxygen atoms in total. The second-order valence-corrected chi connectivity index (χ2v) is 6.28. The molecular formula is C20H25NO2. The normalized spacial score (nSPS) is 15.6. The van der Waals surface area contributed by atoms with Gasteiger partial charge >= 0.3 is 5.97 Å². The summed E-state index contributed by atoms with van der Waals surface area (Å²) in [6, 6.07) is 12.8. The first kappa shape index (κ1) is 15.9. The molecule has 0 bridgehead atoms. The summed E-state index contributed by atoms with van der Waals surface area (Å²) in [7, 11) is 0. The molecule has 3 heteroatoms. The van der Waals surface area contributed by atoms with Crippen LogP contribution in [0.3, 0.4) is 0 Å². The van der Waals surface area contributed by atoms with Crippen LogP contribution in [0.1, 0.15) is 61.1 Å². The minimum absolute atomic E-state index is 0.211. The van der Waals surface area contributed by atoms with Gasteiger partial charge in [-0.2, -0.15) is 0 Å². The highest BCUT2D eigenvalue weighted by molar-refractivity contribution is 5.92. The van der Waals surface area contributed by atoms with Gasteiger partial charge in [0, 0.05) is 17.4 Å². The first-order valence-electron chi connectivity index (χ1n) is 8.66. The molecule has 23 heavy (non-hydrogen) atoms. The molecule has 0 amide bonds. The summed E-state index contributed by atoms with van der Waals surface area (Å²) in [4.78, 5) is 12.3. The standard InChI is InChI=1S/C20H25NO2/c1-3-23-20(22)18-14-19(16-10-6-4-7-11-16)21(15(18)2)17-12-8-5-9-13-17/h4,6-7,10-11,14,17H,3,5,8-9,12-13H2,1-2H3. The van der Waals surface area contributed by atoms with E-state index in [-0.39, 0.29) is 5.97 Å². The molecule has 1 aliphatic rings. The van der Waals surface area contributed by atoms with Crippen molar-refractivity contribution >= 4 is 5.97 Å². The van der Waals surface area contributed by atoms with Gasteiger partial charge in [-0.1, -0.05) is 49.6 Å². The second-order valence-electron chi connectivity index (χ2n) is 6.28. The van der Waals surface area contributed by atoms with Crippen molar-refractivity contribution in [2.24, 2.45) is 0 Å². The van der Waals surface area contributed by atoms with Gasteiger partial charge in [-0.15, -0.1) is 0 Å². The largest absolute Gasteiger partial charge is 0.462 e. The highest BCUT2D eigenvalue weighted by Crippen LogP contribution is 2.36. The Kier molecular flexibility index (Phi) is 4.85. The molecule has 122 valence electrons. The van der Waals surface area contributed by atoms with Crippen molar-refractivity contribution < 1.29 is 9.53 Å². The summed E-state index contributed by atoms with van der Waals surface area (Å²) >= 11 is 0. The number of esters is 1. The number of benzene rings is 1. The predicted octanol–water partition coefficient (Wildman–Crippen LogP) is 5.15. The highest BCUT2D eigenvalue weighted by atomic mass is 16.5. The Morgan fingerprint density at radius 3 is 2.52 bits per heavy atom. The molecule has 0 radical (unpaired) electrons. The Morgan fingerprint density at radius 1 is 1.17 bits per heavy atom. The number of ether oxygens (including phenoxy) is 1. The molecule has 0 spiro atoms. The van der Waals surface area contributed by atoms with Crippen molar-refractivity contribution in [3.8, 4) is 11.3 Å². The van der Waals surface area contributed by atoms with Gasteiger partial charge in [0.2, 0.25) is 0 Å². The monoisotopic (exact) mass is 311 g/mol. The quantitative estimate of drug-likeness (QED) is 0.732. The van der Waals surface area contributed by atoms with Gasteiger partial charge in [0.15, 0.2) is 0 Å². The third kappa shape index (κ3) is 3.19. The number of hydrogen-bond donors (Lipinski definition) is 0. The fourth-order valence-corrected chi connectivity index (χ4v) is 3.68. The van der Waals surface area contributed by atoms with Crippen molar-refractivity contribution in [1.82, 2.24) is 4.57 Å². The molecule has 0 unspecified atom stereocenters. The van der Waals surface area contributed by atoms with E-state index >= 15 is 0 Å². The zero-order valence-corrected chi connectivity index (χ0v) is 14.0. The minimum atomic E-state index is -0.211. The van der Waals surface area contributed by atoms with Gasteiger partial charge in [0.25, 0.3) is 0 Å². The van der Waals surface area contributed by atoms with E-state index in [1.54, 1.807) is 0 Å². The fraction of sp³-hybridized carbons (Fsp3) is 0.450. The summed E-state index contributed by atoms with van der Waals surface area (Å²) in [5.74, 6) is -0.211. The van der Waals surface area contributed by atoms with Gasteiger partial charge in [0.05, 0.1) is 12.2 Å². The van der Waals surface area contributed by atoms with Crippen molar-refractivity contribution in [3.63, 3.8) is 0 Å². The highest BCUT2D eigenvalue weighted by Gasteiger charge is 2.25. The van der Waals surface area contributed by atoms with Crippen molar-refractivity contribution in [2.45, 2.75) is 52.0 Å². The maximum atomic E-state index is 12.3. The van der Waals surface area contributed by atoms with Crippen molar-refractivity contribution in [1.29, 1.82) is 0 Å². The van der Waals surface area contributed by atoms with Crippen molar-refractivity contribution in [2.75, 3.05) is 6.61 Å². The van der Waals surface area contributed by atoms with E-state index in [4.69, 9.17) is 4.74 Å². The summed E-state index contributed by atoms with van der Waals surface area (Å²) < 4.78 is 7.62. The maximum Gasteiger partial charge on any atom is 0.339 e. The van der Waals surface area contributed by atoms with E-state index in [0.29, 0.717) is 18.2 Å². The van der Waals surface area contributed by atoms with Crippen LogP contribution in [0.2, 0.25) is 0 Å². The Morgan fingerprint density at radius 2 is 1.87 bits per heavy atom. The van der Waals surface area contributed by atoms with Crippen LogP contribution in [-0.2, 0) is 4.74 Å². The third-order valence-electron chi connectivity index (χ3n) is 4.80. The van der Waals surface area contributed by atoms with Gasteiger partial charge < -0.3 is 9.30 Å². The molecule has 1 heterocycles. The van der Waals surface area contributed by atoms with E-state index in [1.807, 2.05) is 38.1 Å². The molecule has 0 aliphatic heterocycles. The van der Waals surface area contributed by atoms with Crippen LogP contribution in [0, 0.1) is 6.92 Å². The number of carbonyl (C=O) groups is 1. The molecule has 0 saturated heterocycles. The zero-order chi connectivity index (χ0) is 16.2. The topological polar surface area (TPSA) is 31.2 Å². The SMILES string of the molecule is CCOC(=O)c1cc(-c2ccccc2)n(C2CCCCC2)c1C. The lowest BCUT2D eigenvalue weighted by atomic mass is 9.94. The number of nitrogens with zero attached hydrogens (tertiary/aromatic N) is 1. The summed E-state index contributed by atoms with van der Waals surface area (Å²) in [5, 5.41) is 0. The summed E-state index contributed by atoms with van der Waals surface area (Å²) in [6.45, 7) is 4.31. The molecular weight excluding hydrogens is 286 g/mol. The van der Waals surface area contributed by atoms with Gasteiger partial charge in [0.1, 0.15) is 0 Å². The summed E-state index contributed by atoms with van der Waals surface area (Å²) in [5.41, 5.74) is 4.04. The number of hydrogen-bond acceptors (Lipinski definition) is 2. The lowest BCUT2D eigenvalue weighted by molar-refractivity contribution is 0.0525. The molecule has 1 aromatic heterocycles. The maximum absolute atomic E-state index is 12.3. The molecule has 1 aromatic carbocycles. The summed E-state index contributed by atoms with van der Waals surface area (Å²) in [6.07, 6.45) is 6.24. The van der Waals surface area contributed by atoms with E-state index in [1.165, 1.54) is 32.1 Å². The first-order valence-corrected chi connectivity index (χ1v) is 8.66. The van der Waals surface area contributed by atoms with Gasteiger partial charge in [-0.05, 0) is 38.3 Å².